The second-order valence-corrected chi connectivity index (χ2v) is 11.1. The van der Waals surface area contributed by atoms with Crippen molar-refractivity contribution in [3.8, 4) is 11.1 Å². The Hall–Kier alpha value is -3.71. The Morgan fingerprint density at radius 1 is 1.00 bits per heavy atom. The van der Waals surface area contributed by atoms with Gasteiger partial charge in [-0.25, -0.2) is 9.37 Å². The minimum atomic E-state index is -5.10. The number of aromatic nitrogens is 1. The van der Waals surface area contributed by atoms with Gasteiger partial charge in [0.2, 0.25) is 5.91 Å². The van der Waals surface area contributed by atoms with Crippen molar-refractivity contribution >= 4 is 17.4 Å². The van der Waals surface area contributed by atoms with Crippen LogP contribution in [0.3, 0.4) is 0 Å². The highest BCUT2D eigenvalue weighted by atomic mass is 19.4. The fraction of sp³-hybridized carbons (Fsp3) is 0.400. The minimum Gasteiger partial charge on any atom is -0.394 e. The predicted molar refractivity (Wildman–Crippen MR) is 146 cm³/mol. The summed E-state index contributed by atoms with van der Waals surface area (Å²) in [5, 5.41) is 20.0. The third-order valence-electron chi connectivity index (χ3n) is 7.83. The number of hydrogen-bond donors (Lipinski definition) is 2. The summed E-state index contributed by atoms with van der Waals surface area (Å²) in [6.45, 7) is 3.82. The first-order chi connectivity index (χ1) is 19.9. The number of likely N-dealkylation sites (N-methyl/N-ethyl adjacent to an activating group) is 1. The van der Waals surface area contributed by atoms with Crippen LogP contribution in [0.4, 0.5) is 42.2 Å². The van der Waals surface area contributed by atoms with Gasteiger partial charge in [-0.3, -0.25) is 4.79 Å². The van der Waals surface area contributed by atoms with Gasteiger partial charge in [-0.2, -0.15) is 26.3 Å². The second kappa shape index (κ2) is 11.4. The van der Waals surface area contributed by atoms with Crippen molar-refractivity contribution < 1.29 is 45.7 Å². The molecule has 2 aromatic carbocycles. The first-order valence-corrected chi connectivity index (χ1v) is 13.3. The number of β-amino-alcohol motifs (C(OH)–C–C–N with tert-alkyl or cyclic N) is 1. The van der Waals surface area contributed by atoms with Crippen molar-refractivity contribution in [1.82, 2.24) is 4.98 Å². The van der Waals surface area contributed by atoms with Gasteiger partial charge in [0.25, 0.3) is 0 Å². The third-order valence-corrected chi connectivity index (χ3v) is 7.83. The molecule has 2 heterocycles. The monoisotopic (exact) mass is 613 g/mol. The molecule has 232 valence electrons. The standard InChI is InChI=1S/C30H30F7N3O3/c1-16-22(6-5-7-24(16)31)23-12-26(40-14-21(42)11-20(40)15-41)38-13-25(23)39(4)27(43)28(2,3)17-8-18(29(32,33)34)10-19(9-17)30(35,36)37/h5-10,12-13,20-21,41-42H,11,14-15H2,1-4H3/t20-,21-/m0/s1. The minimum absolute atomic E-state index is 0.00379. The number of aliphatic hydroxyl groups excluding tert-OH is 2. The van der Waals surface area contributed by atoms with Crippen LogP contribution in [-0.4, -0.2) is 53.4 Å². The first-order valence-electron chi connectivity index (χ1n) is 13.3. The molecule has 1 aromatic heterocycles. The van der Waals surface area contributed by atoms with Crippen molar-refractivity contribution in [2.45, 2.75) is 57.1 Å². The number of amides is 1. The maximum atomic E-state index is 14.6. The molecule has 1 fully saturated rings. The van der Waals surface area contributed by atoms with E-state index in [0.29, 0.717) is 29.1 Å². The molecule has 43 heavy (non-hydrogen) atoms. The Morgan fingerprint density at radius 2 is 1.58 bits per heavy atom. The topological polar surface area (TPSA) is 76.9 Å². The first kappa shape index (κ1) is 32.2. The van der Waals surface area contributed by atoms with Crippen LogP contribution in [0.2, 0.25) is 0 Å². The average molecular weight is 614 g/mol. The quantitative estimate of drug-likeness (QED) is 0.329. The molecule has 0 unspecified atom stereocenters. The Morgan fingerprint density at radius 3 is 2.14 bits per heavy atom. The van der Waals surface area contributed by atoms with Crippen molar-refractivity contribution in [3.05, 3.63) is 76.7 Å². The summed E-state index contributed by atoms with van der Waals surface area (Å²) >= 11 is 0. The van der Waals surface area contributed by atoms with Gasteiger partial charge >= 0.3 is 12.4 Å². The van der Waals surface area contributed by atoms with Crippen LogP contribution >= 0.6 is 0 Å². The zero-order chi connectivity index (χ0) is 32.1. The lowest BCUT2D eigenvalue weighted by molar-refractivity contribution is -0.143. The normalized spacial score (nSPS) is 17.8. The molecule has 0 radical (unpaired) electrons. The number of alkyl halides is 6. The van der Waals surface area contributed by atoms with Crippen molar-refractivity contribution in [3.63, 3.8) is 0 Å². The van der Waals surface area contributed by atoms with Gasteiger partial charge in [0.15, 0.2) is 0 Å². The third kappa shape index (κ3) is 6.32. The highest BCUT2D eigenvalue weighted by Gasteiger charge is 2.41. The Kier molecular flexibility index (Phi) is 8.55. The van der Waals surface area contributed by atoms with Crippen LogP contribution in [0, 0.1) is 12.7 Å². The summed E-state index contributed by atoms with van der Waals surface area (Å²) in [6, 6.07) is 6.40. The van der Waals surface area contributed by atoms with Gasteiger partial charge < -0.3 is 20.0 Å². The maximum absolute atomic E-state index is 14.6. The Bertz CT molecular complexity index is 1490. The fourth-order valence-electron chi connectivity index (χ4n) is 5.29. The van der Waals surface area contributed by atoms with Crippen LogP contribution < -0.4 is 9.80 Å². The molecular weight excluding hydrogens is 583 g/mol. The van der Waals surface area contributed by atoms with E-state index < -0.39 is 58.3 Å². The molecule has 0 aliphatic carbocycles. The molecular formula is C30H30F7N3O3. The van der Waals surface area contributed by atoms with Gasteiger partial charge in [-0.1, -0.05) is 12.1 Å². The largest absolute Gasteiger partial charge is 0.416 e. The second-order valence-electron chi connectivity index (χ2n) is 11.1. The van der Waals surface area contributed by atoms with E-state index in [9.17, 15) is 45.7 Å². The molecule has 1 aliphatic rings. The van der Waals surface area contributed by atoms with E-state index in [-0.39, 0.29) is 36.9 Å². The molecule has 13 heteroatoms. The number of hydrogen-bond acceptors (Lipinski definition) is 5. The van der Waals surface area contributed by atoms with E-state index >= 15 is 0 Å². The Balaban J connectivity index is 1.84. The average Bonchev–Trinajstić information content (AvgIpc) is 3.32. The SMILES string of the molecule is Cc1c(F)cccc1-c1cc(N2C[C@@H](O)C[C@H]2CO)ncc1N(C)C(=O)C(C)(C)c1cc(C(F)(F)F)cc(C(F)(F)F)c1. The van der Waals surface area contributed by atoms with Crippen molar-refractivity contribution in [2.75, 3.05) is 30.0 Å². The van der Waals surface area contributed by atoms with E-state index in [1.54, 1.807) is 17.0 Å². The van der Waals surface area contributed by atoms with Crippen LogP contribution in [0.5, 0.6) is 0 Å². The predicted octanol–water partition coefficient (Wildman–Crippen LogP) is 6.11. The number of anilines is 2. The molecule has 2 N–H and O–H groups in total. The zero-order valence-corrected chi connectivity index (χ0v) is 23.7. The van der Waals surface area contributed by atoms with Gasteiger partial charge in [-0.05, 0) is 74.2 Å². The number of rotatable bonds is 6. The van der Waals surface area contributed by atoms with Crippen LogP contribution in [0.15, 0.2) is 48.7 Å². The molecule has 6 nitrogen and oxygen atoms in total. The van der Waals surface area contributed by atoms with E-state index in [1.807, 2.05) is 0 Å². The van der Waals surface area contributed by atoms with Crippen LogP contribution in [0.1, 0.15) is 42.5 Å². The summed E-state index contributed by atoms with van der Waals surface area (Å²) < 4.78 is 96.0. The molecule has 2 atom stereocenters. The van der Waals surface area contributed by atoms with Crippen LogP contribution in [0.25, 0.3) is 11.1 Å². The highest BCUT2D eigenvalue weighted by Crippen LogP contribution is 2.42. The molecule has 1 aliphatic heterocycles. The summed E-state index contributed by atoms with van der Waals surface area (Å²) in [5.41, 5.74) is -4.50. The number of carbonyl (C=O) groups excluding carboxylic acids is 1. The molecule has 3 aromatic rings. The summed E-state index contributed by atoms with van der Waals surface area (Å²) in [6.07, 6.45) is -9.37. The molecule has 0 saturated carbocycles. The number of pyridine rings is 1. The molecule has 1 saturated heterocycles. The summed E-state index contributed by atoms with van der Waals surface area (Å²) in [7, 11) is 1.30. The van der Waals surface area contributed by atoms with Gasteiger partial charge in [0, 0.05) is 19.2 Å². The molecule has 4 rings (SSSR count). The van der Waals surface area contributed by atoms with E-state index in [2.05, 4.69) is 4.98 Å². The highest BCUT2D eigenvalue weighted by molar-refractivity contribution is 6.03. The number of nitrogens with zero attached hydrogens (tertiary/aromatic N) is 3. The molecule has 0 bridgehead atoms. The maximum Gasteiger partial charge on any atom is 0.416 e. The van der Waals surface area contributed by atoms with Gasteiger partial charge in [-0.15, -0.1) is 0 Å². The van der Waals surface area contributed by atoms with Crippen molar-refractivity contribution in [1.29, 1.82) is 0 Å². The lowest BCUT2D eigenvalue weighted by atomic mass is 9.81. The lowest BCUT2D eigenvalue weighted by Crippen LogP contribution is -2.42. The Labute approximate surface area is 243 Å². The lowest BCUT2D eigenvalue weighted by Gasteiger charge is -2.32. The number of aliphatic hydroxyl groups is 2. The number of benzene rings is 2. The van der Waals surface area contributed by atoms with Crippen molar-refractivity contribution in [2.24, 2.45) is 0 Å². The number of halogens is 7. The van der Waals surface area contributed by atoms with Gasteiger partial charge in [0.1, 0.15) is 11.6 Å². The zero-order valence-electron chi connectivity index (χ0n) is 23.7. The van der Waals surface area contributed by atoms with Crippen LogP contribution in [-0.2, 0) is 22.6 Å². The van der Waals surface area contributed by atoms with E-state index in [4.69, 9.17) is 0 Å². The summed E-state index contributed by atoms with van der Waals surface area (Å²) in [4.78, 5) is 21.0. The molecule has 1 amide bonds. The number of carbonyl (C=O) groups is 1. The smallest absolute Gasteiger partial charge is 0.394 e. The molecule has 0 spiro atoms. The van der Waals surface area contributed by atoms with E-state index in [1.165, 1.54) is 46.1 Å². The van der Waals surface area contributed by atoms with E-state index in [0.717, 1.165) is 4.90 Å². The fourth-order valence-corrected chi connectivity index (χ4v) is 5.29. The summed E-state index contributed by atoms with van der Waals surface area (Å²) in [5.74, 6) is -1.09. The van der Waals surface area contributed by atoms with Gasteiger partial charge in [0.05, 0.1) is 47.2 Å².